The van der Waals surface area contributed by atoms with Crippen molar-refractivity contribution >= 4 is 22.6 Å². The molecule has 0 fully saturated rings. The third-order valence-corrected chi connectivity index (χ3v) is 3.36. The average molecular weight is 324 g/mol. The van der Waals surface area contributed by atoms with Crippen molar-refractivity contribution in [2.24, 2.45) is 0 Å². The Bertz CT molecular complexity index is 919. The lowest BCUT2D eigenvalue weighted by Crippen LogP contribution is -2.32. The van der Waals surface area contributed by atoms with Crippen molar-refractivity contribution in [1.29, 1.82) is 0 Å². The summed E-state index contributed by atoms with van der Waals surface area (Å²) in [6, 6.07) is 15.8. The lowest BCUT2D eigenvalue weighted by molar-refractivity contribution is 0.0959. The first kappa shape index (κ1) is 15.6. The molecular formula is C18H16N2O4. The molecule has 0 aliphatic rings. The summed E-state index contributed by atoms with van der Waals surface area (Å²) in [5.74, 6) is -0.0993. The van der Waals surface area contributed by atoms with Crippen LogP contribution in [0.15, 0.2) is 63.8 Å². The fourth-order valence-electron chi connectivity index (χ4n) is 2.26. The number of hydrogen-bond acceptors (Lipinski definition) is 5. The van der Waals surface area contributed by atoms with Gasteiger partial charge in [0, 0.05) is 5.39 Å². The van der Waals surface area contributed by atoms with Crippen LogP contribution in [0.1, 0.15) is 17.3 Å². The zero-order chi connectivity index (χ0) is 16.9. The van der Waals surface area contributed by atoms with Gasteiger partial charge in [-0.1, -0.05) is 30.3 Å². The van der Waals surface area contributed by atoms with Gasteiger partial charge < -0.3 is 9.15 Å². The van der Waals surface area contributed by atoms with E-state index in [0.29, 0.717) is 29.0 Å². The molecular weight excluding hydrogens is 308 g/mol. The molecule has 0 atom stereocenters. The van der Waals surface area contributed by atoms with E-state index in [0.717, 1.165) is 0 Å². The maximum atomic E-state index is 12.2. The monoisotopic (exact) mass is 324 g/mol. The highest BCUT2D eigenvalue weighted by atomic mass is 16.5. The van der Waals surface area contributed by atoms with Gasteiger partial charge >= 0.3 is 5.63 Å². The summed E-state index contributed by atoms with van der Waals surface area (Å²) in [5.41, 5.74) is 5.46. The van der Waals surface area contributed by atoms with E-state index in [1.54, 1.807) is 30.3 Å². The van der Waals surface area contributed by atoms with Crippen LogP contribution in [0.5, 0.6) is 5.75 Å². The molecule has 1 amide bonds. The third-order valence-electron chi connectivity index (χ3n) is 3.36. The van der Waals surface area contributed by atoms with Gasteiger partial charge in [0.2, 0.25) is 0 Å². The molecule has 0 saturated heterocycles. The van der Waals surface area contributed by atoms with Crippen molar-refractivity contribution in [1.82, 2.24) is 5.43 Å². The average Bonchev–Trinajstić information content (AvgIpc) is 2.61. The lowest BCUT2D eigenvalue weighted by Gasteiger charge is -2.09. The first-order valence-electron chi connectivity index (χ1n) is 7.50. The normalized spacial score (nSPS) is 10.4. The summed E-state index contributed by atoms with van der Waals surface area (Å²) < 4.78 is 10.7. The summed E-state index contributed by atoms with van der Waals surface area (Å²) in [4.78, 5) is 24.4. The predicted molar refractivity (Wildman–Crippen MR) is 91.2 cm³/mol. The largest absolute Gasteiger partial charge is 0.490 e. The van der Waals surface area contributed by atoms with Crippen LogP contribution < -0.4 is 21.2 Å². The molecule has 122 valence electrons. The third kappa shape index (κ3) is 3.22. The van der Waals surface area contributed by atoms with E-state index in [9.17, 15) is 9.59 Å². The SMILES string of the molecule is CCOc1cccc2cc(C(=O)NNc3ccccc3)c(=O)oc12. The van der Waals surface area contributed by atoms with Crippen molar-refractivity contribution in [2.45, 2.75) is 6.92 Å². The molecule has 2 aromatic carbocycles. The topological polar surface area (TPSA) is 80.6 Å². The Kier molecular flexibility index (Phi) is 4.47. The van der Waals surface area contributed by atoms with Crippen LogP contribution in [0.3, 0.4) is 0 Å². The number of carbonyl (C=O) groups is 1. The Hall–Kier alpha value is -3.28. The van der Waals surface area contributed by atoms with E-state index in [4.69, 9.17) is 9.15 Å². The Labute approximate surface area is 138 Å². The van der Waals surface area contributed by atoms with Crippen LogP contribution in [-0.4, -0.2) is 12.5 Å². The molecule has 0 aliphatic carbocycles. The minimum Gasteiger partial charge on any atom is -0.490 e. The van der Waals surface area contributed by atoms with E-state index < -0.39 is 11.5 Å². The number of nitrogens with one attached hydrogen (secondary N) is 2. The van der Waals surface area contributed by atoms with E-state index in [1.165, 1.54) is 6.07 Å². The number of fused-ring (bicyclic) bond motifs is 1. The standard InChI is InChI=1S/C18H16N2O4/c1-2-23-15-10-6-7-12-11-14(18(22)24-16(12)15)17(21)20-19-13-8-4-3-5-9-13/h3-11,19H,2H2,1H3,(H,20,21). The maximum absolute atomic E-state index is 12.2. The quantitative estimate of drug-likeness (QED) is 0.557. The number of amides is 1. The molecule has 2 N–H and O–H groups in total. The zero-order valence-electron chi connectivity index (χ0n) is 13.0. The van der Waals surface area contributed by atoms with Gasteiger partial charge in [0.05, 0.1) is 12.3 Å². The fraction of sp³-hybridized carbons (Fsp3) is 0.111. The number of rotatable bonds is 5. The summed E-state index contributed by atoms with van der Waals surface area (Å²) in [6.45, 7) is 2.29. The second-order valence-electron chi connectivity index (χ2n) is 5.00. The lowest BCUT2D eigenvalue weighted by atomic mass is 10.1. The second-order valence-corrected chi connectivity index (χ2v) is 5.00. The van der Waals surface area contributed by atoms with Crippen molar-refractivity contribution < 1.29 is 13.9 Å². The van der Waals surface area contributed by atoms with Crippen LogP contribution >= 0.6 is 0 Å². The van der Waals surface area contributed by atoms with Gasteiger partial charge in [0.15, 0.2) is 11.3 Å². The van der Waals surface area contributed by atoms with Crippen molar-refractivity contribution in [3.8, 4) is 5.75 Å². The van der Waals surface area contributed by atoms with Gasteiger partial charge in [-0.25, -0.2) is 4.79 Å². The first-order valence-corrected chi connectivity index (χ1v) is 7.50. The first-order chi connectivity index (χ1) is 11.7. The molecule has 0 spiro atoms. The van der Waals surface area contributed by atoms with E-state index in [2.05, 4.69) is 10.9 Å². The number of ether oxygens (including phenoxy) is 1. The summed E-state index contributed by atoms with van der Waals surface area (Å²) >= 11 is 0. The van der Waals surface area contributed by atoms with Gasteiger partial charge in [-0.15, -0.1) is 0 Å². The molecule has 24 heavy (non-hydrogen) atoms. The Morgan fingerprint density at radius 3 is 2.67 bits per heavy atom. The molecule has 1 aromatic heterocycles. The molecule has 0 unspecified atom stereocenters. The zero-order valence-corrected chi connectivity index (χ0v) is 13.0. The predicted octanol–water partition coefficient (Wildman–Crippen LogP) is 2.95. The smallest absolute Gasteiger partial charge is 0.349 e. The van der Waals surface area contributed by atoms with E-state index >= 15 is 0 Å². The van der Waals surface area contributed by atoms with Crippen LogP contribution in [-0.2, 0) is 0 Å². The number of anilines is 1. The van der Waals surface area contributed by atoms with Crippen molar-refractivity contribution in [3.63, 3.8) is 0 Å². The minimum atomic E-state index is -0.720. The van der Waals surface area contributed by atoms with E-state index in [-0.39, 0.29) is 5.56 Å². The number of hydrogen-bond donors (Lipinski definition) is 2. The van der Waals surface area contributed by atoms with Gasteiger partial charge in [0.25, 0.3) is 5.91 Å². The molecule has 3 aromatic rings. The minimum absolute atomic E-state index is 0.0837. The molecule has 0 aliphatic heterocycles. The van der Waals surface area contributed by atoms with Crippen molar-refractivity contribution in [3.05, 3.63) is 70.6 Å². The summed E-state index contributed by atoms with van der Waals surface area (Å²) in [5, 5.41) is 0.616. The van der Waals surface area contributed by atoms with E-state index in [1.807, 2.05) is 25.1 Å². The number of hydrazine groups is 1. The highest BCUT2D eigenvalue weighted by Gasteiger charge is 2.15. The second kappa shape index (κ2) is 6.87. The van der Waals surface area contributed by atoms with Crippen LogP contribution in [0.4, 0.5) is 5.69 Å². The van der Waals surface area contributed by atoms with Gasteiger partial charge in [-0.2, -0.15) is 0 Å². The van der Waals surface area contributed by atoms with Crippen LogP contribution in [0.2, 0.25) is 0 Å². The summed E-state index contributed by atoms with van der Waals surface area (Å²) in [7, 11) is 0. The Morgan fingerprint density at radius 1 is 1.12 bits per heavy atom. The fourth-order valence-corrected chi connectivity index (χ4v) is 2.26. The highest BCUT2D eigenvalue weighted by Crippen LogP contribution is 2.24. The number of carbonyl (C=O) groups excluding carboxylic acids is 1. The van der Waals surface area contributed by atoms with Gasteiger partial charge in [0.1, 0.15) is 5.56 Å². The molecule has 0 radical (unpaired) electrons. The number of benzene rings is 2. The van der Waals surface area contributed by atoms with Gasteiger partial charge in [-0.05, 0) is 31.2 Å². The van der Waals surface area contributed by atoms with Gasteiger partial charge in [-0.3, -0.25) is 15.6 Å². The van der Waals surface area contributed by atoms with Crippen molar-refractivity contribution in [2.75, 3.05) is 12.0 Å². The molecule has 0 saturated carbocycles. The molecule has 3 rings (SSSR count). The highest BCUT2D eigenvalue weighted by molar-refractivity contribution is 5.97. The molecule has 6 heteroatoms. The molecule has 6 nitrogen and oxygen atoms in total. The Morgan fingerprint density at radius 2 is 1.92 bits per heavy atom. The maximum Gasteiger partial charge on any atom is 0.349 e. The summed E-state index contributed by atoms with van der Waals surface area (Å²) in [6.07, 6.45) is 0. The Balaban J connectivity index is 1.88. The van der Waals surface area contributed by atoms with Crippen LogP contribution in [0, 0.1) is 0 Å². The molecule has 1 heterocycles. The van der Waals surface area contributed by atoms with Crippen LogP contribution in [0.25, 0.3) is 11.0 Å². The number of para-hydroxylation sites is 2. The molecule has 0 bridgehead atoms.